The van der Waals surface area contributed by atoms with Gasteiger partial charge in [0.25, 0.3) is 0 Å². The number of hydrogen-bond donors (Lipinski definition) is 0. The van der Waals surface area contributed by atoms with Crippen LogP contribution < -0.4 is 10.4 Å². The van der Waals surface area contributed by atoms with Gasteiger partial charge in [0.2, 0.25) is 0 Å². The maximum absolute atomic E-state index is 2.58. The molecule has 40 heavy (non-hydrogen) atoms. The van der Waals surface area contributed by atoms with E-state index < -0.39 is 0 Å². The highest BCUT2D eigenvalue weighted by molar-refractivity contribution is 5.86. The van der Waals surface area contributed by atoms with Crippen LogP contribution in [0.2, 0.25) is 0 Å². The highest BCUT2D eigenvalue weighted by Gasteiger charge is 2.50. The third-order valence-electron chi connectivity index (χ3n) is 9.89. The molecular formula is C40H30. The molecule has 4 unspecified atom stereocenters. The molecule has 0 bridgehead atoms. The largest absolute Gasteiger partial charge is 0.0842 e. The van der Waals surface area contributed by atoms with Crippen molar-refractivity contribution in [2.45, 2.75) is 24.7 Å². The van der Waals surface area contributed by atoms with E-state index >= 15 is 0 Å². The summed E-state index contributed by atoms with van der Waals surface area (Å²) in [7, 11) is 0. The molecule has 0 saturated carbocycles. The Balaban J connectivity index is 1.42. The maximum atomic E-state index is 2.58. The van der Waals surface area contributed by atoms with E-state index in [0.29, 0.717) is 17.8 Å². The molecule has 4 atom stereocenters. The lowest BCUT2D eigenvalue weighted by Crippen LogP contribution is -2.34. The van der Waals surface area contributed by atoms with E-state index in [-0.39, 0.29) is 5.92 Å². The Morgan fingerprint density at radius 2 is 1.45 bits per heavy atom. The third-order valence-corrected chi connectivity index (χ3v) is 9.89. The number of allylic oxidation sites excluding steroid dienone is 13. The van der Waals surface area contributed by atoms with Gasteiger partial charge in [-0.1, -0.05) is 127 Å². The Morgan fingerprint density at radius 1 is 0.625 bits per heavy atom. The number of rotatable bonds is 2. The number of fused-ring (bicyclic) bond motifs is 6. The monoisotopic (exact) mass is 510 g/mol. The van der Waals surface area contributed by atoms with Gasteiger partial charge < -0.3 is 0 Å². The first-order valence-corrected chi connectivity index (χ1v) is 14.7. The second-order valence-electron chi connectivity index (χ2n) is 11.9. The fraction of sp³-hybridized carbons (Fsp3) is 0.150. The van der Waals surface area contributed by atoms with Crippen molar-refractivity contribution in [3.05, 3.63) is 181 Å². The zero-order valence-electron chi connectivity index (χ0n) is 22.4. The molecular weight excluding hydrogens is 480 g/mol. The Hall–Kier alpha value is -4.42. The van der Waals surface area contributed by atoms with Gasteiger partial charge in [-0.2, -0.15) is 0 Å². The van der Waals surface area contributed by atoms with E-state index in [4.69, 9.17) is 0 Å². The van der Waals surface area contributed by atoms with Gasteiger partial charge in [-0.3, -0.25) is 0 Å². The lowest BCUT2D eigenvalue weighted by atomic mass is 9.65. The number of hydrogen-bond acceptors (Lipinski definition) is 0. The summed E-state index contributed by atoms with van der Waals surface area (Å²) in [4.78, 5) is 0. The predicted octanol–water partition coefficient (Wildman–Crippen LogP) is 7.85. The Morgan fingerprint density at radius 3 is 2.33 bits per heavy atom. The van der Waals surface area contributed by atoms with Crippen LogP contribution in [-0.4, -0.2) is 0 Å². The topological polar surface area (TPSA) is 0 Å². The predicted molar refractivity (Wildman–Crippen MR) is 166 cm³/mol. The fourth-order valence-electron chi connectivity index (χ4n) is 8.30. The van der Waals surface area contributed by atoms with Crippen molar-refractivity contribution in [2.24, 2.45) is 11.8 Å². The molecule has 0 amide bonds. The molecule has 0 aliphatic heterocycles. The molecule has 0 nitrogen and oxygen atoms in total. The van der Waals surface area contributed by atoms with Gasteiger partial charge in [-0.05, 0) is 85.1 Å². The third kappa shape index (κ3) is 3.08. The van der Waals surface area contributed by atoms with Crippen LogP contribution in [0.5, 0.6) is 0 Å². The molecule has 190 valence electrons. The fourth-order valence-corrected chi connectivity index (χ4v) is 8.30. The van der Waals surface area contributed by atoms with Crippen LogP contribution in [0.4, 0.5) is 0 Å². The summed E-state index contributed by atoms with van der Waals surface area (Å²) in [5.41, 5.74) is 14.9. The normalized spacial score (nSPS) is 26.8. The molecule has 9 rings (SSSR count). The zero-order chi connectivity index (χ0) is 26.2. The maximum Gasteiger partial charge on any atom is 0.0203 e. The summed E-state index contributed by atoms with van der Waals surface area (Å²) in [5, 5.41) is 2.70. The van der Waals surface area contributed by atoms with E-state index in [0.717, 1.165) is 12.8 Å². The Bertz CT molecular complexity index is 1950. The first-order chi connectivity index (χ1) is 19.9. The molecule has 6 aliphatic carbocycles. The van der Waals surface area contributed by atoms with Gasteiger partial charge in [0.1, 0.15) is 0 Å². The summed E-state index contributed by atoms with van der Waals surface area (Å²) in [6.45, 7) is 0. The van der Waals surface area contributed by atoms with Crippen LogP contribution in [0, 0.1) is 11.8 Å². The minimum absolute atomic E-state index is 0.285. The van der Waals surface area contributed by atoms with Crippen LogP contribution >= 0.6 is 0 Å². The number of benzene rings is 3. The van der Waals surface area contributed by atoms with Crippen molar-refractivity contribution < 1.29 is 0 Å². The highest BCUT2D eigenvalue weighted by atomic mass is 14.5. The van der Waals surface area contributed by atoms with Gasteiger partial charge in [-0.25, -0.2) is 0 Å². The first kappa shape index (κ1) is 22.4. The standard InChI is InChI=1S/C40H30/c1-3-12-25(13-4-1)36-33-22-27-16-7-8-17-28(27)23-34(33)37(26-14-5-2-6-15-26)40-35-24-29-18-9-10-19-30(29)31-20-11-21-32(38(31)35)39(36)40/h1-5,7-14,16-24,31,33,36,38H,6,15H2. The van der Waals surface area contributed by atoms with E-state index in [1.165, 1.54) is 60.6 Å². The first-order valence-electron chi connectivity index (χ1n) is 14.7. The molecule has 0 fully saturated rings. The average Bonchev–Trinajstić information content (AvgIpc) is 3.34. The molecule has 3 aromatic carbocycles. The van der Waals surface area contributed by atoms with Gasteiger partial charge in [0.05, 0.1) is 0 Å². The minimum Gasteiger partial charge on any atom is -0.0842 e. The lowest BCUT2D eigenvalue weighted by Gasteiger charge is -2.38. The van der Waals surface area contributed by atoms with E-state index in [2.05, 4.69) is 134 Å². The SMILES string of the molecule is C1=CCCC(C2=C3C=c4ccccc4=CC3C(c3ccccc3)C3=C2C2=Cc4ccccc4C4C=CC=C3C24)=C1. The molecule has 0 N–H and O–H groups in total. The second-order valence-corrected chi connectivity index (χ2v) is 11.9. The molecule has 0 aromatic heterocycles. The molecule has 0 saturated heterocycles. The van der Waals surface area contributed by atoms with Gasteiger partial charge >= 0.3 is 0 Å². The quantitative estimate of drug-likeness (QED) is 0.329. The van der Waals surface area contributed by atoms with Crippen molar-refractivity contribution in [1.82, 2.24) is 0 Å². The molecule has 0 radical (unpaired) electrons. The van der Waals surface area contributed by atoms with E-state index in [1.54, 1.807) is 5.57 Å². The van der Waals surface area contributed by atoms with Crippen LogP contribution in [0.15, 0.2) is 154 Å². The summed E-state index contributed by atoms with van der Waals surface area (Å²) >= 11 is 0. The molecule has 0 spiro atoms. The molecule has 6 aliphatic rings. The van der Waals surface area contributed by atoms with Gasteiger partial charge in [-0.15, -0.1) is 0 Å². The van der Waals surface area contributed by atoms with Gasteiger partial charge in [0, 0.05) is 23.7 Å². The summed E-state index contributed by atoms with van der Waals surface area (Å²) < 4.78 is 0. The lowest BCUT2D eigenvalue weighted by molar-refractivity contribution is 0.627. The van der Waals surface area contributed by atoms with Crippen LogP contribution in [0.25, 0.3) is 18.2 Å². The van der Waals surface area contributed by atoms with Crippen LogP contribution in [0.1, 0.15) is 41.4 Å². The van der Waals surface area contributed by atoms with Gasteiger partial charge in [0.15, 0.2) is 0 Å². The van der Waals surface area contributed by atoms with Crippen LogP contribution in [-0.2, 0) is 0 Å². The summed E-state index contributed by atoms with van der Waals surface area (Å²) in [6.07, 6.45) is 24.1. The molecule has 3 aromatic rings. The molecule has 0 heterocycles. The second kappa shape index (κ2) is 8.54. The highest BCUT2D eigenvalue weighted by Crippen LogP contribution is 2.63. The Labute approximate surface area is 235 Å². The van der Waals surface area contributed by atoms with Crippen molar-refractivity contribution in [3.8, 4) is 0 Å². The van der Waals surface area contributed by atoms with Crippen molar-refractivity contribution >= 4 is 18.2 Å². The average molecular weight is 511 g/mol. The van der Waals surface area contributed by atoms with Crippen molar-refractivity contribution in [3.63, 3.8) is 0 Å². The van der Waals surface area contributed by atoms with Crippen LogP contribution in [0.3, 0.4) is 0 Å². The summed E-state index contributed by atoms with van der Waals surface area (Å²) in [6, 6.07) is 29.3. The van der Waals surface area contributed by atoms with Crippen molar-refractivity contribution in [2.75, 3.05) is 0 Å². The minimum atomic E-state index is 0.285. The van der Waals surface area contributed by atoms with E-state index in [9.17, 15) is 0 Å². The Kier molecular flexibility index (Phi) is 4.78. The summed E-state index contributed by atoms with van der Waals surface area (Å²) in [5.74, 6) is 1.35. The van der Waals surface area contributed by atoms with E-state index in [1.807, 2.05) is 0 Å². The zero-order valence-corrected chi connectivity index (χ0v) is 22.4. The van der Waals surface area contributed by atoms with Crippen molar-refractivity contribution in [1.29, 1.82) is 0 Å². The smallest absolute Gasteiger partial charge is 0.0203 e. The molecule has 0 heteroatoms.